The summed E-state index contributed by atoms with van der Waals surface area (Å²) < 4.78 is 17.6. The van der Waals surface area contributed by atoms with Crippen molar-refractivity contribution in [2.75, 3.05) is 14.2 Å². The number of fused-ring (bicyclic) bond motifs is 13. The molecular weight excluding hydrogens is 456 g/mol. The van der Waals surface area contributed by atoms with Crippen molar-refractivity contribution in [1.29, 1.82) is 0 Å². The van der Waals surface area contributed by atoms with Gasteiger partial charge in [-0.05, 0) is 31.7 Å². The Labute approximate surface area is 206 Å². The van der Waals surface area contributed by atoms with Crippen molar-refractivity contribution < 1.29 is 19.4 Å². The van der Waals surface area contributed by atoms with Gasteiger partial charge in [-0.1, -0.05) is 30.3 Å². The minimum Gasteiger partial charge on any atom is -0.506 e. The highest BCUT2D eigenvalue weighted by atomic mass is 16.6. The third kappa shape index (κ3) is 2.12. The van der Waals surface area contributed by atoms with Gasteiger partial charge in [0.25, 0.3) is 5.91 Å². The fourth-order valence-electron chi connectivity index (χ4n) is 7.40. The van der Waals surface area contributed by atoms with Gasteiger partial charge in [0.2, 0.25) is 0 Å². The fourth-order valence-corrected chi connectivity index (χ4v) is 7.40. The summed E-state index contributed by atoms with van der Waals surface area (Å²) in [5.41, 5.74) is 4.43. The van der Waals surface area contributed by atoms with E-state index in [1.807, 2.05) is 31.3 Å². The van der Waals surface area contributed by atoms with Crippen molar-refractivity contribution in [3.63, 3.8) is 0 Å². The Morgan fingerprint density at radius 3 is 2.72 bits per heavy atom. The predicted molar refractivity (Wildman–Crippen MR) is 137 cm³/mol. The summed E-state index contributed by atoms with van der Waals surface area (Å²) in [5.74, 6) is 0.119. The summed E-state index contributed by atoms with van der Waals surface area (Å²) in [6, 6.07) is 13.8. The number of likely N-dealkylation sites (N-methyl/N-ethyl adjacent to an activating group) is 1. The average molecular weight is 483 g/mol. The van der Waals surface area contributed by atoms with Crippen LogP contribution in [0, 0.1) is 0 Å². The van der Waals surface area contributed by atoms with Crippen LogP contribution < -0.4 is 10.6 Å². The number of nitrogens with one attached hydrogen (secondary N) is 2. The second kappa shape index (κ2) is 6.59. The van der Waals surface area contributed by atoms with Crippen LogP contribution in [0.4, 0.5) is 0 Å². The summed E-state index contributed by atoms with van der Waals surface area (Å²) in [6.07, 6.45) is 0.0709. The number of aromatic hydroxyl groups is 1. The van der Waals surface area contributed by atoms with Crippen LogP contribution in [0.2, 0.25) is 0 Å². The molecule has 0 aliphatic carbocycles. The second-order valence-electron chi connectivity index (χ2n) is 10.3. The molecule has 5 heterocycles. The lowest BCUT2D eigenvalue weighted by Crippen LogP contribution is -2.59. The lowest BCUT2D eigenvalue weighted by atomic mass is 9.93. The van der Waals surface area contributed by atoms with E-state index in [0.29, 0.717) is 18.5 Å². The van der Waals surface area contributed by atoms with Crippen molar-refractivity contribution in [3.05, 3.63) is 53.6 Å². The third-order valence-electron chi connectivity index (χ3n) is 8.69. The molecular formula is C28H26N4O4. The van der Waals surface area contributed by atoms with E-state index in [-0.39, 0.29) is 30.0 Å². The highest BCUT2D eigenvalue weighted by Crippen LogP contribution is 2.54. The van der Waals surface area contributed by atoms with E-state index in [0.717, 1.165) is 49.2 Å². The number of carbonyl (C=O) groups excluding carboxylic acids is 1. The molecule has 2 bridgehead atoms. The highest BCUT2D eigenvalue weighted by Gasteiger charge is 2.53. The van der Waals surface area contributed by atoms with Crippen molar-refractivity contribution in [2.24, 2.45) is 0 Å². The topological polar surface area (TPSA) is 89.7 Å². The first-order valence-electron chi connectivity index (χ1n) is 12.4. The molecule has 2 aromatic heterocycles. The summed E-state index contributed by atoms with van der Waals surface area (Å²) in [4.78, 5) is 13.3. The molecule has 182 valence electrons. The van der Waals surface area contributed by atoms with Gasteiger partial charge >= 0.3 is 0 Å². The average Bonchev–Trinajstić information content (AvgIpc) is 3.52. The molecule has 3 aliphatic heterocycles. The van der Waals surface area contributed by atoms with E-state index in [2.05, 4.69) is 38.8 Å². The minimum absolute atomic E-state index is 0.00206. The third-order valence-corrected chi connectivity index (χ3v) is 8.69. The maximum absolute atomic E-state index is 13.3. The smallest absolute Gasteiger partial charge is 0.252 e. The molecule has 8 rings (SSSR count). The Morgan fingerprint density at radius 1 is 1.11 bits per heavy atom. The molecule has 8 nitrogen and oxygen atoms in total. The van der Waals surface area contributed by atoms with Crippen molar-refractivity contribution in [2.45, 2.75) is 44.0 Å². The Morgan fingerprint density at radius 2 is 1.92 bits per heavy atom. The van der Waals surface area contributed by atoms with Crippen molar-refractivity contribution in [1.82, 2.24) is 19.8 Å². The number of methoxy groups -OCH3 is 1. The number of ether oxygens (including phenoxy) is 2. The van der Waals surface area contributed by atoms with Gasteiger partial charge in [-0.15, -0.1) is 0 Å². The number of benzene rings is 3. The number of rotatable bonds is 2. The maximum atomic E-state index is 13.3. The van der Waals surface area contributed by atoms with E-state index in [4.69, 9.17) is 9.47 Å². The molecule has 1 fully saturated rings. The van der Waals surface area contributed by atoms with Gasteiger partial charge in [0, 0.05) is 47.7 Å². The van der Waals surface area contributed by atoms with Gasteiger partial charge in [0.1, 0.15) is 18.1 Å². The number of hydrogen-bond donors (Lipinski definition) is 3. The maximum Gasteiger partial charge on any atom is 0.252 e. The van der Waals surface area contributed by atoms with Gasteiger partial charge in [0.15, 0.2) is 5.72 Å². The largest absolute Gasteiger partial charge is 0.506 e. The van der Waals surface area contributed by atoms with Crippen LogP contribution in [0.3, 0.4) is 0 Å². The zero-order valence-corrected chi connectivity index (χ0v) is 20.3. The van der Waals surface area contributed by atoms with E-state index in [1.54, 1.807) is 13.2 Å². The molecule has 1 amide bonds. The van der Waals surface area contributed by atoms with Gasteiger partial charge < -0.3 is 34.3 Å². The molecule has 4 unspecified atom stereocenters. The van der Waals surface area contributed by atoms with E-state index in [1.165, 1.54) is 0 Å². The Hall–Kier alpha value is -3.59. The first kappa shape index (κ1) is 20.6. The minimum atomic E-state index is -0.929. The second-order valence-corrected chi connectivity index (χ2v) is 10.3. The molecule has 8 heteroatoms. The molecule has 0 radical (unpaired) electrons. The van der Waals surface area contributed by atoms with Crippen molar-refractivity contribution >= 4 is 49.5 Å². The van der Waals surface area contributed by atoms with Crippen LogP contribution in [0.15, 0.2) is 42.5 Å². The number of aromatic nitrogens is 2. The van der Waals surface area contributed by atoms with Crippen LogP contribution in [0.5, 0.6) is 5.75 Å². The lowest BCUT2D eigenvalue weighted by molar-refractivity contribution is -0.256. The number of hydrogen-bond acceptors (Lipinski definition) is 5. The Balaban J connectivity index is 1.74. The molecule has 0 saturated carbocycles. The van der Waals surface area contributed by atoms with Gasteiger partial charge in [-0.2, -0.15) is 0 Å². The normalized spacial score (nSPS) is 26.9. The molecule has 5 aromatic rings. The molecule has 3 N–H and O–H groups in total. The Kier molecular flexibility index (Phi) is 3.77. The van der Waals surface area contributed by atoms with Crippen LogP contribution >= 0.6 is 0 Å². The number of carbonyl (C=O) groups is 1. The first-order chi connectivity index (χ1) is 17.5. The van der Waals surface area contributed by atoms with Crippen LogP contribution in [-0.2, 0) is 21.7 Å². The number of nitrogens with zero attached hydrogens (tertiary/aromatic N) is 2. The van der Waals surface area contributed by atoms with E-state index < -0.39 is 5.72 Å². The fraction of sp³-hybridized carbons (Fsp3) is 0.321. The molecule has 3 aliphatic rings. The molecule has 4 atom stereocenters. The highest BCUT2D eigenvalue weighted by molar-refractivity contribution is 6.31. The monoisotopic (exact) mass is 482 g/mol. The quantitative estimate of drug-likeness (QED) is 0.353. The van der Waals surface area contributed by atoms with Gasteiger partial charge in [0.05, 0.1) is 27.6 Å². The Bertz CT molecular complexity index is 1800. The first-order valence-corrected chi connectivity index (χ1v) is 12.4. The number of para-hydroxylation sites is 2. The summed E-state index contributed by atoms with van der Waals surface area (Å²) in [7, 11) is 3.67. The molecule has 3 aromatic carbocycles. The zero-order valence-electron chi connectivity index (χ0n) is 20.3. The van der Waals surface area contributed by atoms with Crippen LogP contribution in [-0.4, -0.2) is 46.5 Å². The van der Waals surface area contributed by atoms with E-state index >= 15 is 0 Å². The van der Waals surface area contributed by atoms with E-state index in [9.17, 15) is 9.90 Å². The molecule has 36 heavy (non-hydrogen) atoms. The number of amides is 1. The lowest BCUT2D eigenvalue weighted by Gasteiger charge is -2.48. The predicted octanol–water partition coefficient (Wildman–Crippen LogP) is 4.06. The van der Waals surface area contributed by atoms with Gasteiger partial charge in [-0.25, -0.2) is 0 Å². The van der Waals surface area contributed by atoms with Crippen LogP contribution in [0.25, 0.3) is 43.6 Å². The number of phenols is 1. The summed E-state index contributed by atoms with van der Waals surface area (Å²) >= 11 is 0. The zero-order chi connectivity index (χ0) is 24.5. The summed E-state index contributed by atoms with van der Waals surface area (Å²) in [6.45, 7) is 2.50. The SMILES string of the molecule is CNC1CC2OC(C)(C1OC)n1c3c(O)cccc3c3c4c(c5c6ccccc6n2c5c31)C(=O)NC4. The molecule has 1 saturated heterocycles. The van der Waals surface area contributed by atoms with Crippen LogP contribution in [0.1, 0.15) is 35.5 Å². The summed E-state index contributed by atoms with van der Waals surface area (Å²) in [5, 5.41) is 21.7. The molecule has 0 spiro atoms. The standard InChI is InChI=1S/C28H26N4O4/c1-28-26(35-3)16(29-2)11-19(36-28)31-17-9-5-4-7-13(17)21-22-15(12-30-27(22)34)20-14-8-6-10-18(33)23(14)32(28)25(20)24(21)31/h4-10,16,19,26,29,33H,11-12H2,1-3H3,(H,30,34). The van der Waals surface area contributed by atoms with Crippen molar-refractivity contribution in [3.8, 4) is 5.75 Å². The van der Waals surface area contributed by atoms with Gasteiger partial charge in [-0.3, -0.25) is 4.79 Å². The number of phenolic OH excluding ortho intramolecular Hbond substituents is 1.